The molecule has 0 aliphatic carbocycles. The standard InChI is InChI=1S/C18H22N2O/c21-18-12-16-8-10-20(18)9-6-4-2-1-3-5-7-15-11-17(16)14-19-13-15/h11,13-14,16H,2,4-10,12H2. The quantitative estimate of drug-likeness (QED) is 0.686. The lowest BCUT2D eigenvalue weighted by Crippen LogP contribution is -2.38. The first-order chi connectivity index (χ1) is 10.3. The zero-order valence-electron chi connectivity index (χ0n) is 12.5. The molecule has 1 amide bonds. The number of fused-ring (bicyclic) bond motifs is 8. The van der Waals surface area contributed by atoms with Gasteiger partial charge in [0.2, 0.25) is 5.91 Å². The minimum atomic E-state index is 0.303. The number of pyridine rings is 1. The Kier molecular flexibility index (Phi) is 4.55. The summed E-state index contributed by atoms with van der Waals surface area (Å²) in [5, 5.41) is 0. The van der Waals surface area contributed by atoms with Gasteiger partial charge in [0, 0.05) is 44.7 Å². The molecule has 1 aromatic rings. The topological polar surface area (TPSA) is 33.2 Å². The number of carbonyl (C=O) groups is 1. The fourth-order valence-corrected chi connectivity index (χ4v) is 3.17. The van der Waals surface area contributed by atoms with E-state index in [4.69, 9.17) is 0 Å². The normalized spacial score (nSPS) is 23.0. The third-order valence-corrected chi connectivity index (χ3v) is 4.45. The lowest BCUT2D eigenvalue weighted by atomic mass is 9.89. The summed E-state index contributed by atoms with van der Waals surface area (Å²) >= 11 is 0. The van der Waals surface area contributed by atoms with Crippen LogP contribution in [0, 0.1) is 11.8 Å². The molecule has 3 nitrogen and oxygen atoms in total. The molecule has 1 aromatic heterocycles. The highest BCUT2D eigenvalue weighted by atomic mass is 16.2. The van der Waals surface area contributed by atoms with Crippen molar-refractivity contribution < 1.29 is 4.79 Å². The van der Waals surface area contributed by atoms with E-state index in [9.17, 15) is 4.79 Å². The smallest absolute Gasteiger partial charge is 0.223 e. The van der Waals surface area contributed by atoms with Gasteiger partial charge in [0.05, 0.1) is 0 Å². The molecule has 4 rings (SSSR count). The second-order valence-electron chi connectivity index (χ2n) is 6.01. The molecule has 3 aliphatic rings. The van der Waals surface area contributed by atoms with E-state index in [0.717, 1.165) is 51.6 Å². The summed E-state index contributed by atoms with van der Waals surface area (Å²) in [6.45, 7) is 1.78. The Balaban J connectivity index is 1.81. The van der Waals surface area contributed by atoms with Crippen molar-refractivity contribution in [3.63, 3.8) is 0 Å². The number of aromatic nitrogens is 1. The highest BCUT2D eigenvalue weighted by Gasteiger charge is 2.26. The number of aryl methyl sites for hydroxylation is 1. The SMILES string of the molecule is O=C1CC2CCN1CCCCC#CCCc1cncc2c1. The first-order valence-electron chi connectivity index (χ1n) is 8.00. The molecule has 0 N–H and O–H groups in total. The van der Waals surface area contributed by atoms with Gasteiger partial charge in [0.15, 0.2) is 0 Å². The maximum atomic E-state index is 12.3. The summed E-state index contributed by atoms with van der Waals surface area (Å²) in [6, 6.07) is 2.22. The molecule has 4 bridgehead atoms. The number of hydrogen-bond donors (Lipinski definition) is 0. The molecular weight excluding hydrogens is 260 g/mol. The van der Waals surface area contributed by atoms with Gasteiger partial charge in [-0.2, -0.15) is 0 Å². The molecule has 0 aromatic carbocycles. The average molecular weight is 282 g/mol. The van der Waals surface area contributed by atoms with Crippen molar-refractivity contribution in [1.29, 1.82) is 0 Å². The Bertz CT molecular complexity index is 570. The van der Waals surface area contributed by atoms with Crippen LogP contribution in [0.15, 0.2) is 18.5 Å². The number of rotatable bonds is 0. The minimum Gasteiger partial charge on any atom is -0.343 e. The minimum absolute atomic E-state index is 0.303. The third kappa shape index (κ3) is 3.64. The summed E-state index contributed by atoms with van der Waals surface area (Å²) in [6.07, 6.45) is 10.5. The van der Waals surface area contributed by atoms with E-state index < -0.39 is 0 Å². The van der Waals surface area contributed by atoms with Crippen LogP contribution in [-0.2, 0) is 11.2 Å². The van der Waals surface area contributed by atoms with Crippen LogP contribution in [-0.4, -0.2) is 28.9 Å². The summed E-state index contributed by atoms with van der Waals surface area (Å²) in [4.78, 5) is 18.7. The molecule has 3 heteroatoms. The highest BCUT2D eigenvalue weighted by Crippen LogP contribution is 2.29. The van der Waals surface area contributed by atoms with Crippen molar-refractivity contribution in [1.82, 2.24) is 9.88 Å². The zero-order valence-corrected chi connectivity index (χ0v) is 12.5. The average Bonchev–Trinajstić information content (AvgIpc) is 2.51. The van der Waals surface area contributed by atoms with Gasteiger partial charge in [0.1, 0.15) is 0 Å². The summed E-state index contributed by atoms with van der Waals surface area (Å²) < 4.78 is 0. The summed E-state index contributed by atoms with van der Waals surface area (Å²) in [5.74, 6) is 7.14. The molecule has 0 spiro atoms. The van der Waals surface area contributed by atoms with Crippen molar-refractivity contribution in [3.8, 4) is 11.8 Å². The highest BCUT2D eigenvalue weighted by molar-refractivity contribution is 5.78. The van der Waals surface area contributed by atoms with Crippen LogP contribution < -0.4 is 0 Å². The van der Waals surface area contributed by atoms with Gasteiger partial charge in [-0.3, -0.25) is 9.78 Å². The second kappa shape index (κ2) is 6.76. The zero-order chi connectivity index (χ0) is 14.5. The molecular formula is C18H22N2O. The van der Waals surface area contributed by atoms with Crippen LogP contribution in [0.5, 0.6) is 0 Å². The molecule has 0 radical (unpaired) electrons. The molecule has 1 unspecified atom stereocenters. The van der Waals surface area contributed by atoms with Crippen LogP contribution in [0.2, 0.25) is 0 Å². The van der Waals surface area contributed by atoms with Crippen LogP contribution >= 0.6 is 0 Å². The molecule has 1 atom stereocenters. The molecule has 4 heterocycles. The fraction of sp³-hybridized carbons (Fsp3) is 0.556. The number of piperidine rings is 1. The first-order valence-corrected chi connectivity index (χ1v) is 8.00. The van der Waals surface area contributed by atoms with E-state index in [2.05, 4.69) is 22.9 Å². The second-order valence-corrected chi connectivity index (χ2v) is 6.01. The third-order valence-electron chi connectivity index (χ3n) is 4.45. The Morgan fingerprint density at radius 2 is 2.05 bits per heavy atom. The van der Waals surface area contributed by atoms with E-state index in [0.29, 0.717) is 18.2 Å². The Hall–Kier alpha value is -1.82. The fourth-order valence-electron chi connectivity index (χ4n) is 3.17. The summed E-state index contributed by atoms with van der Waals surface area (Å²) in [5.41, 5.74) is 2.47. The number of amides is 1. The van der Waals surface area contributed by atoms with Gasteiger partial charge in [0.25, 0.3) is 0 Å². The van der Waals surface area contributed by atoms with E-state index in [-0.39, 0.29) is 0 Å². The van der Waals surface area contributed by atoms with Crippen molar-refractivity contribution in [2.75, 3.05) is 13.1 Å². The van der Waals surface area contributed by atoms with Gasteiger partial charge in [-0.15, -0.1) is 11.8 Å². The Labute approximate surface area is 126 Å². The molecule has 21 heavy (non-hydrogen) atoms. The lowest BCUT2D eigenvalue weighted by Gasteiger charge is -2.32. The van der Waals surface area contributed by atoms with Crippen molar-refractivity contribution in [2.45, 2.75) is 50.9 Å². The van der Waals surface area contributed by atoms with Crippen LogP contribution in [0.3, 0.4) is 0 Å². The van der Waals surface area contributed by atoms with Crippen LogP contribution in [0.1, 0.15) is 55.6 Å². The van der Waals surface area contributed by atoms with Gasteiger partial charge in [-0.1, -0.05) is 6.07 Å². The molecule has 3 aliphatic heterocycles. The first kappa shape index (κ1) is 14.1. The van der Waals surface area contributed by atoms with Crippen molar-refractivity contribution in [3.05, 3.63) is 29.6 Å². The van der Waals surface area contributed by atoms with Gasteiger partial charge < -0.3 is 4.90 Å². The Morgan fingerprint density at radius 1 is 1.14 bits per heavy atom. The Morgan fingerprint density at radius 3 is 2.95 bits per heavy atom. The van der Waals surface area contributed by atoms with E-state index >= 15 is 0 Å². The van der Waals surface area contributed by atoms with Crippen molar-refractivity contribution >= 4 is 5.91 Å². The maximum Gasteiger partial charge on any atom is 0.223 e. The number of nitrogens with zero attached hydrogens (tertiary/aromatic N) is 2. The molecule has 0 saturated carbocycles. The van der Waals surface area contributed by atoms with Crippen LogP contribution in [0.25, 0.3) is 0 Å². The van der Waals surface area contributed by atoms with E-state index in [1.807, 2.05) is 17.3 Å². The van der Waals surface area contributed by atoms with Crippen LogP contribution in [0.4, 0.5) is 0 Å². The van der Waals surface area contributed by atoms with Gasteiger partial charge >= 0.3 is 0 Å². The molecule has 1 saturated heterocycles. The summed E-state index contributed by atoms with van der Waals surface area (Å²) in [7, 11) is 0. The lowest BCUT2D eigenvalue weighted by molar-refractivity contribution is -0.133. The van der Waals surface area contributed by atoms with Gasteiger partial charge in [-0.25, -0.2) is 0 Å². The van der Waals surface area contributed by atoms with Crippen molar-refractivity contribution in [2.24, 2.45) is 0 Å². The van der Waals surface area contributed by atoms with E-state index in [1.54, 1.807) is 0 Å². The molecule has 1 fully saturated rings. The van der Waals surface area contributed by atoms with Gasteiger partial charge in [-0.05, 0) is 42.7 Å². The predicted octanol–water partition coefficient (Wildman–Crippen LogP) is 2.91. The monoisotopic (exact) mass is 282 g/mol. The number of hydrogen-bond acceptors (Lipinski definition) is 2. The predicted molar refractivity (Wildman–Crippen MR) is 82.7 cm³/mol. The number of carbonyl (C=O) groups excluding carboxylic acids is 1. The van der Waals surface area contributed by atoms with E-state index in [1.165, 1.54) is 11.1 Å². The largest absolute Gasteiger partial charge is 0.343 e. The maximum absolute atomic E-state index is 12.3. The molecule has 110 valence electrons.